The molecule has 1 heterocycles. The van der Waals surface area contributed by atoms with Crippen molar-refractivity contribution in [1.29, 1.82) is 5.26 Å². The Bertz CT molecular complexity index is 2090. The van der Waals surface area contributed by atoms with Crippen molar-refractivity contribution >= 4 is 29.2 Å². The Balaban J connectivity index is 1.80. The molecule has 0 aromatic heterocycles. The van der Waals surface area contributed by atoms with E-state index in [-0.39, 0.29) is 82.9 Å². The van der Waals surface area contributed by atoms with Crippen LogP contribution in [0.1, 0.15) is 122 Å². The van der Waals surface area contributed by atoms with Gasteiger partial charge in [-0.05, 0) is 98.2 Å². The highest BCUT2D eigenvalue weighted by Crippen LogP contribution is 2.41. The zero-order valence-corrected chi connectivity index (χ0v) is 37.9. The van der Waals surface area contributed by atoms with E-state index in [1.165, 1.54) is 36.8 Å². The van der Waals surface area contributed by atoms with Crippen molar-refractivity contribution in [3.63, 3.8) is 0 Å². The van der Waals surface area contributed by atoms with Gasteiger partial charge >= 0.3 is 0 Å². The average Bonchev–Trinajstić information content (AvgIpc) is 3.25. The normalized spacial score (nSPS) is 16.9. The Morgan fingerprint density at radius 1 is 0.873 bits per heavy atom. The Kier molecular flexibility index (Phi) is 19.9. The fourth-order valence-electron chi connectivity index (χ4n) is 8.54. The van der Waals surface area contributed by atoms with Crippen LogP contribution in [0.25, 0.3) is 11.1 Å². The maximum absolute atomic E-state index is 14.8. The molecule has 63 heavy (non-hydrogen) atoms. The Labute approximate surface area is 373 Å². The van der Waals surface area contributed by atoms with Gasteiger partial charge in [-0.15, -0.1) is 0 Å². The van der Waals surface area contributed by atoms with Crippen molar-refractivity contribution in [2.45, 2.75) is 117 Å². The number of aryl methyl sites for hydroxylation is 3. The number of hydrogen-bond donors (Lipinski definition) is 4. The molecule has 0 radical (unpaired) electrons. The van der Waals surface area contributed by atoms with Crippen LogP contribution in [-0.4, -0.2) is 80.0 Å². The molecule has 3 aromatic rings. The van der Waals surface area contributed by atoms with Crippen LogP contribution < -0.4 is 32.0 Å². The molecule has 1 aliphatic heterocycles. The van der Waals surface area contributed by atoms with Gasteiger partial charge in [0.1, 0.15) is 30.8 Å². The second-order valence-corrected chi connectivity index (χ2v) is 16.8. The highest BCUT2D eigenvalue weighted by atomic mass is 16.5. The van der Waals surface area contributed by atoms with Crippen molar-refractivity contribution in [1.82, 2.24) is 10.2 Å². The monoisotopic (exact) mass is 865 g/mol. The highest BCUT2D eigenvalue weighted by molar-refractivity contribution is 6.02. The van der Waals surface area contributed by atoms with Gasteiger partial charge in [0.05, 0.1) is 12.1 Å². The van der Waals surface area contributed by atoms with Crippen LogP contribution in [-0.2, 0) is 32.0 Å². The molecular weight excluding hydrogens is 797 g/mol. The lowest BCUT2D eigenvalue weighted by Crippen LogP contribution is -2.46. The molecule has 13 nitrogen and oxygen atoms in total. The van der Waals surface area contributed by atoms with Gasteiger partial charge in [-0.1, -0.05) is 63.8 Å². The quantitative estimate of drug-likeness (QED) is 0.0639. The summed E-state index contributed by atoms with van der Waals surface area (Å²) in [7, 11) is 1.54. The maximum Gasteiger partial charge on any atom is 0.226 e. The van der Waals surface area contributed by atoms with Gasteiger partial charge in [-0.25, -0.2) is 0 Å². The van der Waals surface area contributed by atoms with Crippen LogP contribution in [0.2, 0.25) is 0 Å². The number of amides is 2. The number of Topliss-reactive ketones (excluding diaryl/α,β-unsaturated/α-hetero) is 3. The highest BCUT2D eigenvalue weighted by Gasteiger charge is 2.36. The van der Waals surface area contributed by atoms with E-state index in [0.717, 1.165) is 30.4 Å². The first-order valence-corrected chi connectivity index (χ1v) is 22.5. The van der Waals surface area contributed by atoms with E-state index in [1.54, 1.807) is 37.3 Å². The number of carbonyl (C=O) groups excluding carboxylic acids is 5. The summed E-state index contributed by atoms with van der Waals surface area (Å²) < 4.78 is 12.3. The molecule has 7 N–H and O–H groups in total. The number of nitrogens with zero attached hydrogens (tertiary/aromatic N) is 2. The summed E-state index contributed by atoms with van der Waals surface area (Å²) in [6.07, 6.45) is 6.65. The van der Waals surface area contributed by atoms with Crippen LogP contribution in [0.5, 0.6) is 11.5 Å². The number of ether oxygens (including phenoxy) is 2. The first-order chi connectivity index (χ1) is 30.3. The molecule has 1 aliphatic rings. The van der Waals surface area contributed by atoms with Gasteiger partial charge in [-0.2, -0.15) is 5.26 Å². The number of benzene rings is 3. The van der Waals surface area contributed by atoms with E-state index in [0.29, 0.717) is 39.3 Å². The molecule has 4 bridgehead atoms. The third-order valence-electron chi connectivity index (χ3n) is 11.8. The summed E-state index contributed by atoms with van der Waals surface area (Å²) in [4.78, 5) is 72.3. The molecule has 4 atom stereocenters. The lowest BCUT2D eigenvalue weighted by Gasteiger charge is -2.32. The fourth-order valence-corrected chi connectivity index (χ4v) is 8.54. The molecule has 0 unspecified atom stereocenters. The van der Waals surface area contributed by atoms with E-state index >= 15 is 0 Å². The summed E-state index contributed by atoms with van der Waals surface area (Å²) in [5.41, 5.74) is 23.5. The minimum Gasteiger partial charge on any atom is -0.492 e. The molecule has 0 saturated carbocycles. The van der Waals surface area contributed by atoms with Gasteiger partial charge < -0.3 is 36.9 Å². The number of hydrogen-bond acceptors (Lipinski definition) is 11. The minimum absolute atomic E-state index is 0.0193. The minimum atomic E-state index is -1.20. The summed E-state index contributed by atoms with van der Waals surface area (Å²) in [6, 6.07) is 14.6. The summed E-state index contributed by atoms with van der Waals surface area (Å²) in [5, 5.41) is 12.1. The number of fused-ring (bicyclic) bond motifs is 5. The molecule has 0 spiro atoms. The van der Waals surface area contributed by atoms with E-state index in [4.69, 9.17) is 26.7 Å². The number of carbonyl (C=O) groups is 5. The van der Waals surface area contributed by atoms with E-state index in [2.05, 4.69) is 24.4 Å². The number of nitrogens with two attached hydrogens (primary N) is 3. The predicted octanol–water partition coefficient (Wildman–Crippen LogP) is 6.40. The van der Waals surface area contributed by atoms with Crippen molar-refractivity contribution < 1.29 is 33.4 Å². The summed E-state index contributed by atoms with van der Waals surface area (Å²) >= 11 is 0. The first kappa shape index (κ1) is 50.2. The largest absolute Gasteiger partial charge is 0.492 e. The number of nitrogens with one attached hydrogen (secondary N) is 1. The topological polar surface area (TPSA) is 221 Å². The average molecular weight is 865 g/mol. The van der Waals surface area contributed by atoms with Gasteiger partial charge in [0.25, 0.3) is 0 Å². The first-order valence-electron chi connectivity index (χ1n) is 22.5. The summed E-state index contributed by atoms with van der Waals surface area (Å²) in [5.74, 6) is -2.71. The van der Waals surface area contributed by atoms with Crippen LogP contribution in [0, 0.1) is 37.0 Å². The Morgan fingerprint density at radius 3 is 2.13 bits per heavy atom. The van der Waals surface area contributed by atoms with Crippen LogP contribution in [0.4, 0.5) is 0 Å². The third kappa shape index (κ3) is 13.8. The number of rotatable bonds is 22. The molecule has 0 saturated heterocycles. The molecule has 2 amide bonds. The van der Waals surface area contributed by atoms with Crippen molar-refractivity contribution in [3.8, 4) is 28.7 Å². The second-order valence-electron chi connectivity index (χ2n) is 16.8. The van der Waals surface area contributed by atoms with Gasteiger partial charge in [0, 0.05) is 74.3 Å². The summed E-state index contributed by atoms with van der Waals surface area (Å²) in [6.45, 7) is 8.63. The van der Waals surface area contributed by atoms with Crippen LogP contribution in [0.3, 0.4) is 0 Å². The Hall–Kier alpha value is -5.42. The Morgan fingerprint density at radius 2 is 1.51 bits per heavy atom. The lowest BCUT2D eigenvalue weighted by molar-refractivity contribution is -0.142. The number of ketones is 3. The number of nitriles is 1. The van der Waals surface area contributed by atoms with E-state index < -0.39 is 41.5 Å². The smallest absolute Gasteiger partial charge is 0.226 e. The maximum atomic E-state index is 14.8. The molecule has 340 valence electrons. The van der Waals surface area contributed by atoms with Gasteiger partial charge in [0.2, 0.25) is 11.8 Å². The van der Waals surface area contributed by atoms with Crippen molar-refractivity contribution in [3.05, 3.63) is 81.9 Å². The molecule has 13 heteroatoms. The van der Waals surface area contributed by atoms with Gasteiger partial charge in [0.15, 0.2) is 17.3 Å². The zero-order valence-electron chi connectivity index (χ0n) is 37.9. The molecule has 4 rings (SSSR count). The lowest BCUT2D eigenvalue weighted by atomic mass is 9.87. The number of unbranched alkanes of at least 4 members (excludes halogenated alkanes) is 4. The van der Waals surface area contributed by atoms with Crippen LogP contribution >= 0.6 is 0 Å². The SMILES string of the molecule is CCCCCCCc1cc(C)c(C(=O)C[C@@H](CCN)C(=O)N(C)[C@@H]2C(=O)C[C@@H](C)C(=O)N[C@H](C(=O)CCC#N)Cc3ccc(OCCN)c(c3)-c3cc2ccc3OCCN)c(C)c1. The molecule has 0 aliphatic carbocycles. The zero-order chi connectivity index (χ0) is 46.1. The fraction of sp³-hybridized carbons (Fsp3) is 0.520. The third-order valence-corrected chi connectivity index (χ3v) is 11.8. The van der Waals surface area contributed by atoms with E-state index in [1.807, 2.05) is 26.0 Å². The van der Waals surface area contributed by atoms with Crippen molar-refractivity contribution in [2.75, 3.05) is 39.9 Å². The van der Waals surface area contributed by atoms with Crippen molar-refractivity contribution in [2.24, 2.45) is 29.0 Å². The number of likely N-dealkylation sites (N-methyl/N-ethyl adjacent to an activating group) is 1. The molecular formula is C50H68N6O7. The van der Waals surface area contributed by atoms with Crippen LogP contribution in [0.15, 0.2) is 48.5 Å². The van der Waals surface area contributed by atoms with Gasteiger partial charge in [-0.3, -0.25) is 24.0 Å². The predicted molar refractivity (Wildman–Crippen MR) is 245 cm³/mol. The standard InChI is InChI=1S/C50H68N6O7/c1-6-7-8-9-10-12-35-25-32(2)47(33(3)26-35)43(58)31-38(18-20-52)50(61)56(5)48-37-15-17-46(63-24-22-54)40(30-37)39-28-36(14-16-45(39)62-23-21-53)29-41(42(57)13-11-19-51)55-49(60)34(4)27-44(48)59/h14-17,25-26,28,30,34,38,41,48H,6-13,18,20-24,27,29,31,52-54H2,1-5H3,(H,55,60)/t34-,38-,41+,48+/m1/s1. The second kappa shape index (κ2) is 25.0. The molecule has 3 aromatic carbocycles. The van der Waals surface area contributed by atoms with E-state index in [9.17, 15) is 29.2 Å². The molecule has 0 fully saturated rings.